The molecule has 0 saturated carbocycles. The molecule has 2 N–H and O–H groups in total. The van der Waals surface area contributed by atoms with Gasteiger partial charge in [0.15, 0.2) is 0 Å². The zero-order valence-electron chi connectivity index (χ0n) is 9.93. The number of carbonyl (C=O) groups excluding carboxylic acids is 1. The number of carbonyl (C=O) groups is 1. The summed E-state index contributed by atoms with van der Waals surface area (Å²) in [6, 6.07) is 7.69. The van der Waals surface area contributed by atoms with Crippen LogP contribution in [0.5, 0.6) is 0 Å². The monoisotopic (exact) mass is 242 g/mol. The van der Waals surface area contributed by atoms with Gasteiger partial charge in [0.2, 0.25) is 5.91 Å². The van der Waals surface area contributed by atoms with E-state index in [2.05, 4.69) is 6.07 Å². The van der Waals surface area contributed by atoms with Crippen LogP contribution in [0.3, 0.4) is 0 Å². The van der Waals surface area contributed by atoms with Crippen LogP contribution in [0.15, 0.2) is 24.3 Å². The number of nitrogens with zero attached hydrogens (tertiary/aromatic N) is 1. The molecule has 0 saturated heterocycles. The SMILES string of the molecule is Cc1cccc(CN(C)C(=O)[C@@H](C)N)c1.Cl. The predicted molar refractivity (Wildman–Crippen MR) is 68.6 cm³/mol. The van der Waals surface area contributed by atoms with Crippen molar-refractivity contribution in [3.8, 4) is 0 Å². The molecule has 0 aliphatic carbocycles. The second-order valence-electron chi connectivity index (χ2n) is 3.97. The third-order valence-electron chi connectivity index (χ3n) is 2.27. The number of rotatable bonds is 3. The van der Waals surface area contributed by atoms with Gasteiger partial charge in [0.05, 0.1) is 6.04 Å². The fourth-order valence-electron chi connectivity index (χ4n) is 1.51. The minimum absolute atomic E-state index is 0. The number of amides is 1. The van der Waals surface area contributed by atoms with Crippen molar-refractivity contribution in [3.05, 3.63) is 35.4 Å². The quantitative estimate of drug-likeness (QED) is 0.878. The summed E-state index contributed by atoms with van der Waals surface area (Å²) >= 11 is 0. The molecule has 0 unspecified atom stereocenters. The molecule has 0 fully saturated rings. The molecular formula is C12H19ClN2O. The van der Waals surface area contributed by atoms with E-state index in [9.17, 15) is 4.79 Å². The standard InChI is InChI=1S/C12H18N2O.ClH/c1-9-5-4-6-11(7-9)8-14(3)12(15)10(2)13;/h4-7,10H,8,13H2,1-3H3;1H/t10-;/m1./s1. The Morgan fingerprint density at radius 2 is 2.12 bits per heavy atom. The van der Waals surface area contributed by atoms with Crippen molar-refractivity contribution >= 4 is 18.3 Å². The number of halogens is 1. The van der Waals surface area contributed by atoms with E-state index in [4.69, 9.17) is 5.73 Å². The Balaban J connectivity index is 0.00000225. The van der Waals surface area contributed by atoms with Crippen molar-refractivity contribution in [1.29, 1.82) is 0 Å². The molecule has 3 nitrogen and oxygen atoms in total. The Morgan fingerprint density at radius 3 is 2.62 bits per heavy atom. The number of benzene rings is 1. The van der Waals surface area contributed by atoms with Gasteiger partial charge in [0, 0.05) is 13.6 Å². The molecule has 0 aromatic heterocycles. The highest BCUT2D eigenvalue weighted by molar-refractivity contribution is 5.85. The summed E-state index contributed by atoms with van der Waals surface area (Å²) in [4.78, 5) is 13.2. The fourth-order valence-corrected chi connectivity index (χ4v) is 1.51. The molecule has 4 heteroatoms. The Kier molecular flexibility index (Phi) is 6.08. The van der Waals surface area contributed by atoms with E-state index >= 15 is 0 Å². The van der Waals surface area contributed by atoms with E-state index < -0.39 is 6.04 Å². The molecule has 1 rings (SSSR count). The van der Waals surface area contributed by atoms with Gasteiger partial charge in [-0.2, -0.15) is 0 Å². The van der Waals surface area contributed by atoms with E-state index in [0.717, 1.165) is 5.56 Å². The van der Waals surface area contributed by atoms with Gasteiger partial charge in [-0.25, -0.2) is 0 Å². The van der Waals surface area contributed by atoms with Crippen molar-refractivity contribution in [2.45, 2.75) is 26.4 Å². The number of hydrogen-bond acceptors (Lipinski definition) is 2. The van der Waals surface area contributed by atoms with Crippen molar-refractivity contribution in [2.75, 3.05) is 7.05 Å². The summed E-state index contributed by atoms with van der Waals surface area (Å²) in [6.07, 6.45) is 0. The van der Waals surface area contributed by atoms with Crippen LogP contribution in [0.1, 0.15) is 18.1 Å². The molecule has 0 aliphatic rings. The average Bonchev–Trinajstić information content (AvgIpc) is 2.16. The van der Waals surface area contributed by atoms with E-state index in [0.29, 0.717) is 6.54 Å². The molecule has 0 spiro atoms. The number of nitrogens with two attached hydrogens (primary N) is 1. The van der Waals surface area contributed by atoms with Gasteiger partial charge in [-0.05, 0) is 19.4 Å². The van der Waals surface area contributed by atoms with Crippen molar-refractivity contribution in [1.82, 2.24) is 4.90 Å². The first kappa shape index (κ1) is 14.9. The Bertz CT molecular complexity index is 353. The molecule has 0 heterocycles. The minimum Gasteiger partial charge on any atom is -0.340 e. The van der Waals surface area contributed by atoms with Crippen molar-refractivity contribution in [2.24, 2.45) is 5.73 Å². The second kappa shape index (κ2) is 6.51. The van der Waals surface area contributed by atoms with E-state index in [1.54, 1.807) is 18.9 Å². The molecule has 1 aromatic rings. The summed E-state index contributed by atoms with van der Waals surface area (Å²) in [5.74, 6) is -0.0310. The lowest BCUT2D eigenvalue weighted by Gasteiger charge is -2.19. The molecule has 0 aliphatic heterocycles. The lowest BCUT2D eigenvalue weighted by Crippen LogP contribution is -2.39. The molecule has 1 atom stereocenters. The second-order valence-corrected chi connectivity index (χ2v) is 3.97. The predicted octanol–water partition coefficient (Wildman–Crippen LogP) is 1.72. The molecule has 0 radical (unpaired) electrons. The number of likely N-dealkylation sites (N-methyl/N-ethyl adjacent to an activating group) is 1. The largest absolute Gasteiger partial charge is 0.340 e. The third-order valence-corrected chi connectivity index (χ3v) is 2.27. The lowest BCUT2D eigenvalue weighted by atomic mass is 10.1. The summed E-state index contributed by atoms with van der Waals surface area (Å²) in [5.41, 5.74) is 7.86. The maximum Gasteiger partial charge on any atom is 0.239 e. The van der Waals surface area contributed by atoms with Crippen LogP contribution in [0.25, 0.3) is 0 Å². The van der Waals surface area contributed by atoms with E-state index in [1.807, 2.05) is 25.1 Å². The van der Waals surface area contributed by atoms with Gasteiger partial charge in [-0.15, -0.1) is 12.4 Å². The van der Waals surface area contributed by atoms with Gasteiger partial charge >= 0.3 is 0 Å². The molecule has 1 aromatic carbocycles. The summed E-state index contributed by atoms with van der Waals surface area (Å²) < 4.78 is 0. The zero-order chi connectivity index (χ0) is 11.4. The lowest BCUT2D eigenvalue weighted by molar-refractivity contribution is -0.131. The van der Waals surface area contributed by atoms with Crippen LogP contribution in [-0.4, -0.2) is 23.9 Å². The maximum atomic E-state index is 11.5. The van der Waals surface area contributed by atoms with Gasteiger partial charge in [0.1, 0.15) is 0 Å². The molecule has 1 amide bonds. The van der Waals surface area contributed by atoms with Crippen LogP contribution in [0.2, 0.25) is 0 Å². The fraction of sp³-hybridized carbons (Fsp3) is 0.417. The first-order chi connectivity index (χ1) is 7.00. The van der Waals surface area contributed by atoms with Crippen LogP contribution >= 0.6 is 12.4 Å². The maximum absolute atomic E-state index is 11.5. The number of aryl methyl sites for hydroxylation is 1. The molecule has 16 heavy (non-hydrogen) atoms. The van der Waals surface area contributed by atoms with Crippen LogP contribution in [0, 0.1) is 6.92 Å². The normalized spacial score (nSPS) is 11.5. The highest BCUT2D eigenvalue weighted by Gasteiger charge is 2.13. The topological polar surface area (TPSA) is 46.3 Å². The summed E-state index contributed by atoms with van der Waals surface area (Å²) in [7, 11) is 1.77. The highest BCUT2D eigenvalue weighted by Crippen LogP contribution is 2.07. The summed E-state index contributed by atoms with van der Waals surface area (Å²) in [6.45, 7) is 4.36. The molecular weight excluding hydrogens is 224 g/mol. The molecule has 90 valence electrons. The van der Waals surface area contributed by atoms with Crippen LogP contribution in [-0.2, 0) is 11.3 Å². The minimum atomic E-state index is -0.431. The Labute approximate surface area is 103 Å². The van der Waals surface area contributed by atoms with Gasteiger partial charge in [0.25, 0.3) is 0 Å². The average molecular weight is 243 g/mol. The first-order valence-corrected chi connectivity index (χ1v) is 5.07. The third kappa shape index (κ3) is 4.21. The van der Waals surface area contributed by atoms with Crippen LogP contribution in [0.4, 0.5) is 0 Å². The van der Waals surface area contributed by atoms with Crippen molar-refractivity contribution < 1.29 is 4.79 Å². The molecule has 0 bridgehead atoms. The van der Waals surface area contributed by atoms with Crippen molar-refractivity contribution in [3.63, 3.8) is 0 Å². The van der Waals surface area contributed by atoms with Gasteiger partial charge in [-0.3, -0.25) is 4.79 Å². The number of hydrogen-bond donors (Lipinski definition) is 1. The Hall–Kier alpha value is -1.06. The van der Waals surface area contributed by atoms with E-state index in [1.165, 1.54) is 5.56 Å². The van der Waals surface area contributed by atoms with Crippen LogP contribution < -0.4 is 5.73 Å². The van der Waals surface area contributed by atoms with Gasteiger partial charge < -0.3 is 10.6 Å². The highest BCUT2D eigenvalue weighted by atomic mass is 35.5. The van der Waals surface area contributed by atoms with Gasteiger partial charge in [-0.1, -0.05) is 29.8 Å². The smallest absolute Gasteiger partial charge is 0.239 e. The first-order valence-electron chi connectivity index (χ1n) is 5.07. The van der Waals surface area contributed by atoms with E-state index in [-0.39, 0.29) is 18.3 Å². The Morgan fingerprint density at radius 1 is 1.50 bits per heavy atom. The zero-order valence-corrected chi connectivity index (χ0v) is 10.8. The summed E-state index contributed by atoms with van der Waals surface area (Å²) in [5, 5.41) is 0.